The molecule has 1 atom stereocenters. The van der Waals surface area contributed by atoms with Gasteiger partial charge in [0.25, 0.3) is 11.8 Å². The van der Waals surface area contributed by atoms with Crippen LogP contribution < -0.4 is 10.5 Å². The van der Waals surface area contributed by atoms with E-state index < -0.39 is 17.4 Å². The molecule has 33 heavy (non-hydrogen) atoms. The van der Waals surface area contributed by atoms with Crippen LogP contribution >= 0.6 is 0 Å². The van der Waals surface area contributed by atoms with Crippen LogP contribution in [0.15, 0.2) is 46.9 Å². The summed E-state index contributed by atoms with van der Waals surface area (Å²) in [5, 5.41) is 8.15. The second kappa shape index (κ2) is 8.13. The largest absolute Gasteiger partial charge is 0.480 e. The number of nitrogens with two attached hydrogens (primary N) is 1. The summed E-state index contributed by atoms with van der Waals surface area (Å²) in [4.78, 5) is 14.7. The lowest BCUT2D eigenvalue weighted by Gasteiger charge is -2.25. The Morgan fingerprint density at radius 1 is 1.21 bits per heavy atom. The van der Waals surface area contributed by atoms with Crippen LogP contribution in [0, 0.1) is 12.3 Å². The minimum Gasteiger partial charge on any atom is -0.480 e. The number of likely N-dealkylation sites (tertiary alicyclic amines) is 1. The number of benzene rings is 2. The van der Waals surface area contributed by atoms with E-state index in [-0.39, 0.29) is 29.5 Å². The Labute approximate surface area is 190 Å². The van der Waals surface area contributed by atoms with E-state index in [1.165, 1.54) is 18.2 Å². The first kappa shape index (κ1) is 22.7. The number of anilines is 1. The van der Waals surface area contributed by atoms with Gasteiger partial charge >= 0.3 is 0 Å². The molecule has 9 heteroatoms. The first-order chi connectivity index (χ1) is 15.4. The molecule has 3 aromatic rings. The van der Waals surface area contributed by atoms with E-state index in [2.05, 4.69) is 10.2 Å². The molecule has 1 unspecified atom stereocenters. The van der Waals surface area contributed by atoms with Gasteiger partial charge in [0.05, 0.1) is 6.54 Å². The van der Waals surface area contributed by atoms with Gasteiger partial charge in [-0.2, -0.15) is 0 Å². The summed E-state index contributed by atoms with van der Waals surface area (Å²) in [6.45, 7) is 7.03. The lowest BCUT2D eigenvalue weighted by atomic mass is 9.89. The quantitative estimate of drug-likeness (QED) is 0.547. The van der Waals surface area contributed by atoms with Crippen LogP contribution in [-0.4, -0.2) is 33.7 Å². The molecule has 0 aliphatic carbocycles. The third kappa shape index (κ3) is 4.67. The molecule has 0 spiro atoms. The highest BCUT2D eigenvalue weighted by Gasteiger charge is 2.48. The van der Waals surface area contributed by atoms with Gasteiger partial charge in [0.1, 0.15) is 5.75 Å². The predicted octanol–water partition coefficient (Wildman–Crippen LogP) is 4.55. The number of carbonyl (C=O) groups is 1. The van der Waals surface area contributed by atoms with Gasteiger partial charge in [-0.05, 0) is 37.3 Å². The lowest BCUT2D eigenvalue weighted by molar-refractivity contribution is -0.135. The SMILES string of the molecule is Cc1ccc(-c2nnc(CN3CC(C)(C)C(Oc4ccc(N)c(C(C)(F)F)c4)C3=O)o2)cc1. The number of hydrogen-bond acceptors (Lipinski definition) is 6. The van der Waals surface area contributed by atoms with Crippen molar-refractivity contribution in [3.05, 3.63) is 59.5 Å². The number of ether oxygens (including phenoxy) is 1. The van der Waals surface area contributed by atoms with Crippen molar-refractivity contribution in [1.29, 1.82) is 0 Å². The molecule has 2 aromatic carbocycles. The zero-order valence-electron chi connectivity index (χ0n) is 18.9. The number of rotatable bonds is 6. The zero-order valence-corrected chi connectivity index (χ0v) is 18.9. The maximum absolute atomic E-state index is 13.9. The molecular weight excluding hydrogens is 430 g/mol. The zero-order chi connectivity index (χ0) is 24.0. The van der Waals surface area contributed by atoms with Crippen LogP contribution in [0.2, 0.25) is 0 Å². The second-order valence-electron chi connectivity index (χ2n) is 9.19. The first-order valence-corrected chi connectivity index (χ1v) is 10.6. The van der Waals surface area contributed by atoms with Gasteiger partial charge < -0.3 is 19.8 Å². The highest BCUT2D eigenvalue weighted by molar-refractivity contribution is 5.84. The van der Waals surface area contributed by atoms with E-state index in [1.807, 2.05) is 45.0 Å². The topological polar surface area (TPSA) is 94.5 Å². The summed E-state index contributed by atoms with van der Waals surface area (Å²) in [6.07, 6.45) is -0.862. The number of nitrogen functional groups attached to an aromatic ring is 1. The molecule has 1 saturated heterocycles. The van der Waals surface area contributed by atoms with Gasteiger partial charge in [0.2, 0.25) is 11.8 Å². The summed E-state index contributed by atoms with van der Waals surface area (Å²) in [6, 6.07) is 11.7. The molecule has 2 N–H and O–H groups in total. The average molecular weight is 456 g/mol. The van der Waals surface area contributed by atoms with Gasteiger partial charge in [0, 0.05) is 35.7 Å². The van der Waals surface area contributed by atoms with Crippen LogP contribution in [0.4, 0.5) is 14.5 Å². The van der Waals surface area contributed by atoms with Crippen molar-refractivity contribution in [2.24, 2.45) is 5.41 Å². The van der Waals surface area contributed by atoms with Gasteiger partial charge in [0.15, 0.2) is 6.10 Å². The normalized spacial score (nSPS) is 18.1. The number of alkyl halides is 2. The molecule has 1 amide bonds. The Bertz CT molecular complexity index is 1170. The molecule has 1 aliphatic heterocycles. The molecule has 1 aliphatic rings. The minimum absolute atomic E-state index is 0.0331. The van der Waals surface area contributed by atoms with Crippen LogP contribution in [0.3, 0.4) is 0 Å². The number of nitrogens with zero attached hydrogens (tertiary/aromatic N) is 3. The molecule has 1 fully saturated rings. The Morgan fingerprint density at radius 2 is 1.91 bits per heavy atom. The maximum atomic E-state index is 13.9. The Morgan fingerprint density at radius 3 is 2.58 bits per heavy atom. The molecule has 4 rings (SSSR count). The number of amides is 1. The van der Waals surface area contributed by atoms with Crippen molar-refractivity contribution in [1.82, 2.24) is 15.1 Å². The van der Waals surface area contributed by atoms with Crippen molar-refractivity contribution in [3.8, 4) is 17.2 Å². The number of aryl methyl sites for hydroxylation is 1. The van der Waals surface area contributed by atoms with Gasteiger partial charge in [-0.15, -0.1) is 10.2 Å². The standard InChI is InChI=1S/C24H26F2N4O3/c1-14-5-7-15(8-6-14)21-29-28-19(33-21)12-30-13-23(2,3)20(22(30)31)32-16-9-10-18(27)17(11-16)24(4,25)26/h5-11,20H,12-13,27H2,1-4H3. The van der Waals surface area contributed by atoms with Gasteiger partial charge in [-0.3, -0.25) is 4.79 Å². The van der Waals surface area contributed by atoms with Crippen molar-refractivity contribution in [3.63, 3.8) is 0 Å². The second-order valence-corrected chi connectivity index (χ2v) is 9.19. The lowest BCUT2D eigenvalue weighted by Crippen LogP contribution is -2.36. The van der Waals surface area contributed by atoms with Crippen molar-refractivity contribution in [2.45, 2.75) is 46.3 Å². The van der Waals surface area contributed by atoms with Crippen LogP contribution in [0.5, 0.6) is 5.75 Å². The van der Waals surface area contributed by atoms with E-state index in [9.17, 15) is 13.6 Å². The summed E-state index contributed by atoms with van der Waals surface area (Å²) < 4.78 is 39.4. The van der Waals surface area contributed by atoms with E-state index in [1.54, 1.807) is 4.90 Å². The molecule has 2 heterocycles. The monoisotopic (exact) mass is 456 g/mol. The van der Waals surface area contributed by atoms with Gasteiger partial charge in [-0.1, -0.05) is 31.5 Å². The predicted molar refractivity (Wildman–Crippen MR) is 119 cm³/mol. The van der Waals surface area contributed by atoms with Crippen molar-refractivity contribution < 1.29 is 22.7 Å². The molecule has 7 nitrogen and oxygen atoms in total. The number of hydrogen-bond donors (Lipinski definition) is 1. The van der Waals surface area contributed by atoms with Crippen molar-refractivity contribution in [2.75, 3.05) is 12.3 Å². The number of carbonyl (C=O) groups excluding carboxylic acids is 1. The highest BCUT2D eigenvalue weighted by atomic mass is 19.3. The summed E-state index contributed by atoms with van der Waals surface area (Å²) in [5.74, 6) is -2.57. The van der Waals surface area contributed by atoms with E-state index >= 15 is 0 Å². The van der Waals surface area contributed by atoms with Crippen LogP contribution in [0.25, 0.3) is 11.5 Å². The van der Waals surface area contributed by atoms with Crippen LogP contribution in [0.1, 0.15) is 37.8 Å². The third-order valence-corrected chi connectivity index (χ3v) is 5.69. The fraction of sp³-hybridized carbons (Fsp3) is 0.375. The molecule has 0 saturated carbocycles. The molecule has 0 radical (unpaired) electrons. The smallest absolute Gasteiger partial charge is 0.272 e. The minimum atomic E-state index is -3.13. The molecular formula is C24H26F2N4O3. The highest BCUT2D eigenvalue weighted by Crippen LogP contribution is 2.38. The molecule has 1 aromatic heterocycles. The summed E-state index contributed by atoms with van der Waals surface area (Å²) >= 11 is 0. The number of halogens is 2. The van der Waals surface area contributed by atoms with Crippen molar-refractivity contribution >= 4 is 11.6 Å². The van der Waals surface area contributed by atoms with E-state index in [0.717, 1.165) is 18.1 Å². The fourth-order valence-corrected chi connectivity index (χ4v) is 3.92. The number of aromatic nitrogens is 2. The summed E-state index contributed by atoms with van der Waals surface area (Å²) in [5.41, 5.74) is 6.65. The van der Waals surface area contributed by atoms with E-state index in [0.29, 0.717) is 18.3 Å². The molecule has 174 valence electrons. The fourth-order valence-electron chi connectivity index (χ4n) is 3.92. The van der Waals surface area contributed by atoms with E-state index in [4.69, 9.17) is 14.9 Å². The van der Waals surface area contributed by atoms with Crippen LogP contribution in [-0.2, 0) is 17.3 Å². The third-order valence-electron chi connectivity index (χ3n) is 5.69. The Balaban J connectivity index is 1.50. The Kier molecular flexibility index (Phi) is 5.59. The molecule has 0 bridgehead atoms. The Hall–Kier alpha value is -3.49. The first-order valence-electron chi connectivity index (χ1n) is 10.6. The maximum Gasteiger partial charge on any atom is 0.272 e. The van der Waals surface area contributed by atoms with Gasteiger partial charge in [-0.25, -0.2) is 8.78 Å². The summed E-state index contributed by atoms with van der Waals surface area (Å²) in [7, 11) is 0. The average Bonchev–Trinajstić information content (AvgIpc) is 3.27.